The van der Waals surface area contributed by atoms with Crippen molar-refractivity contribution in [2.24, 2.45) is 10.9 Å². The molecule has 172 valence electrons. The number of nitrogens with one attached hydrogen (secondary N) is 2. The van der Waals surface area contributed by atoms with Gasteiger partial charge in [0.05, 0.1) is 6.61 Å². The largest absolute Gasteiger partial charge is 0.475 e. The van der Waals surface area contributed by atoms with Crippen LogP contribution in [0.25, 0.3) is 0 Å². The first kappa shape index (κ1) is 25.8. The Hall–Kier alpha value is -1.43. The van der Waals surface area contributed by atoms with E-state index in [9.17, 15) is 0 Å². The lowest BCUT2D eigenvalue weighted by Gasteiger charge is -2.39. The van der Waals surface area contributed by atoms with Crippen LogP contribution < -0.4 is 15.4 Å². The minimum Gasteiger partial charge on any atom is -0.475 e. The molecule has 31 heavy (non-hydrogen) atoms. The zero-order valence-corrected chi connectivity index (χ0v) is 21.7. The van der Waals surface area contributed by atoms with Crippen LogP contribution in [0.5, 0.6) is 5.88 Å². The Balaban J connectivity index is 0.00000341. The molecular weight excluding hydrogens is 525 g/mol. The second kappa shape index (κ2) is 13.9. The maximum Gasteiger partial charge on any atom is 0.213 e. The first-order valence-electron chi connectivity index (χ1n) is 10.5. The number of nitrogens with zero attached hydrogens (tertiary/aromatic N) is 3. The number of rotatable bonds is 9. The molecule has 0 saturated carbocycles. The van der Waals surface area contributed by atoms with E-state index in [0.717, 1.165) is 24.6 Å². The fourth-order valence-corrected chi connectivity index (χ4v) is 4.83. The van der Waals surface area contributed by atoms with Gasteiger partial charge in [-0.2, -0.15) is 0 Å². The van der Waals surface area contributed by atoms with E-state index >= 15 is 0 Å². The molecule has 1 fully saturated rings. The highest BCUT2D eigenvalue weighted by Gasteiger charge is 2.31. The third kappa shape index (κ3) is 7.89. The van der Waals surface area contributed by atoms with Crippen LogP contribution in [0.1, 0.15) is 29.3 Å². The van der Waals surface area contributed by atoms with Crippen LogP contribution in [0, 0.1) is 5.92 Å². The number of aromatic nitrogens is 1. The van der Waals surface area contributed by atoms with Crippen molar-refractivity contribution in [3.05, 3.63) is 46.3 Å². The number of likely N-dealkylation sites (tertiary alicyclic amines) is 1. The van der Waals surface area contributed by atoms with Gasteiger partial charge in [0, 0.05) is 50.4 Å². The van der Waals surface area contributed by atoms with Gasteiger partial charge in [-0.3, -0.25) is 9.89 Å². The second-order valence-electron chi connectivity index (χ2n) is 7.50. The Labute approximate surface area is 206 Å². The molecule has 3 rings (SSSR count). The highest BCUT2D eigenvalue weighted by molar-refractivity contribution is 14.0. The summed E-state index contributed by atoms with van der Waals surface area (Å²) in [6.07, 6.45) is 4.29. The summed E-state index contributed by atoms with van der Waals surface area (Å²) >= 11 is 1.85. The number of methoxy groups -OCH3 is 1. The number of pyridine rings is 1. The number of hydrogen-bond donors (Lipinski definition) is 2. The second-order valence-corrected chi connectivity index (χ2v) is 8.48. The van der Waals surface area contributed by atoms with Crippen molar-refractivity contribution >= 4 is 41.3 Å². The van der Waals surface area contributed by atoms with E-state index in [1.807, 2.05) is 36.7 Å². The van der Waals surface area contributed by atoms with Gasteiger partial charge in [-0.05, 0) is 49.4 Å². The molecule has 0 bridgehead atoms. The van der Waals surface area contributed by atoms with Gasteiger partial charge >= 0.3 is 0 Å². The van der Waals surface area contributed by atoms with E-state index in [1.165, 1.54) is 17.7 Å². The molecule has 2 N–H and O–H groups in total. The summed E-state index contributed by atoms with van der Waals surface area (Å²) in [5.41, 5.74) is 1.07. The van der Waals surface area contributed by atoms with Gasteiger partial charge < -0.3 is 20.1 Å². The van der Waals surface area contributed by atoms with E-state index in [-0.39, 0.29) is 24.0 Å². The summed E-state index contributed by atoms with van der Waals surface area (Å²) < 4.78 is 10.5. The Bertz CT molecular complexity index is 773. The molecule has 9 heteroatoms. The van der Waals surface area contributed by atoms with Crippen molar-refractivity contribution < 1.29 is 9.47 Å². The van der Waals surface area contributed by atoms with Crippen LogP contribution in [0.4, 0.5) is 0 Å². The monoisotopic (exact) mass is 559 g/mol. The van der Waals surface area contributed by atoms with E-state index in [1.54, 1.807) is 7.11 Å². The lowest BCUT2D eigenvalue weighted by Crippen LogP contribution is -2.44. The van der Waals surface area contributed by atoms with Gasteiger partial charge in [0.25, 0.3) is 0 Å². The smallest absolute Gasteiger partial charge is 0.213 e. The van der Waals surface area contributed by atoms with E-state index in [4.69, 9.17) is 9.47 Å². The molecule has 2 atom stereocenters. The van der Waals surface area contributed by atoms with Gasteiger partial charge in [-0.25, -0.2) is 4.98 Å². The van der Waals surface area contributed by atoms with Crippen molar-refractivity contribution in [3.63, 3.8) is 0 Å². The average molecular weight is 560 g/mol. The van der Waals surface area contributed by atoms with E-state index < -0.39 is 0 Å². The van der Waals surface area contributed by atoms with Crippen LogP contribution in [-0.4, -0.2) is 63.4 Å². The van der Waals surface area contributed by atoms with Gasteiger partial charge in [0.2, 0.25) is 5.88 Å². The Morgan fingerprint density at radius 2 is 2.16 bits per heavy atom. The van der Waals surface area contributed by atoms with Gasteiger partial charge in [0.15, 0.2) is 5.96 Å². The molecule has 7 nitrogen and oxygen atoms in total. The zero-order chi connectivity index (χ0) is 21.2. The van der Waals surface area contributed by atoms with E-state index in [2.05, 4.69) is 50.1 Å². The van der Waals surface area contributed by atoms with Crippen LogP contribution in [0.2, 0.25) is 0 Å². The van der Waals surface area contributed by atoms with Crippen molar-refractivity contribution in [1.82, 2.24) is 20.5 Å². The molecule has 1 aliphatic rings. The molecule has 2 aromatic heterocycles. The van der Waals surface area contributed by atoms with Gasteiger partial charge in [-0.15, -0.1) is 35.3 Å². The Morgan fingerprint density at radius 1 is 1.29 bits per heavy atom. The standard InChI is InChI=1S/C22H33N5O2S.HI/c1-23-22(25-15-17-8-9-20(24-14-17)29-12-11-28-3)26-16-18-6-4-10-27(2)21(18)19-7-5-13-30-19;/h5,7-9,13-14,18,21H,4,6,10-12,15-16H2,1-3H3,(H2,23,25,26);1H. The predicted molar refractivity (Wildman–Crippen MR) is 138 cm³/mol. The molecule has 1 saturated heterocycles. The predicted octanol–water partition coefficient (Wildman–Crippen LogP) is 3.53. The number of thiophene rings is 1. The first-order chi connectivity index (χ1) is 14.7. The molecule has 2 aromatic rings. The number of piperidine rings is 1. The molecule has 3 heterocycles. The fourth-order valence-electron chi connectivity index (χ4n) is 3.85. The topological polar surface area (TPSA) is 71.0 Å². The van der Waals surface area contributed by atoms with Crippen molar-refractivity contribution in [2.75, 3.05) is 47.5 Å². The highest BCUT2D eigenvalue weighted by atomic mass is 127. The molecule has 0 aliphatic carbocycles. The average Bonchev–Trinajstić information content (AvgIpc) is 3.29. The summed E-state index contributed by atoms with van der Waals surface area (Å²) in [4.78, 5) is 12.7. The molecule has 0 amide bonds. The molecule has 0 aromatic carbocycles. The maximum atomic E-state index is 5.51. The normalized spacial score (nSPS) is 19.5. The SMILES string of the molecule is CN=C(NCc1ccc(OCCOC)nc1)NCC1CCCN(C)C1c1cccs1.I. The summed E-state index contributed by atoms with van der Waals surface area (Å²) in [6.45, 7) is 3.77. The number of aliphatic imine (C=N–C) groups is 1. The molecule has 1 aliphatic heterocycles. The van der Waals surface area contributed by atoms with Crippen LogP contribution in [0.3, 0.4) is 0 Å². The van der Waals surface area contributed by atoms with Gasteiger partial charge in [0.1, 0.15) is 6.61 Å². The van der Waals surface area contributed by atoms with Crippen molar-refractivity contribution in [3.8, 4) is 5.88 Å². The lowest BCUT2D eigenvalue weighted by atomic mass is 9.88. The summed E-state index contributed by atoms with van der Waals surface area (Å²) in [7, 11) is 5.70. The minimum atomic E-state index is 0. The van der Waals surface area contributed by atoms with Crippen LogP contribution >= 0.6 is 35.3 Å². The number of halogens is 1. The Kier molecular flexibility index (Phi) is 11.6. The summed E-state index contributed by atoms with van der Waals surface area (Å²) in [6, 6.07) is 8.77. The fraction of sp³-hybridized carbons (Fsp3) is 0.545. The third-order valence-corrected chi connectivity index (χ3v) is 6.34. The minimum absolute atomic E-state index is 0. The maximum absolute atomic E-state index is 5.51. The number of guanidine groups is 1. The molecular formula is C22H34IN5O2S. The molecule has 0 radical (unpaired) electrons. The molecule has 0 spiro atoms. The number of hydrogen-bond acceptors (Lipinski definition) is 6. The van der Waals surface area contributed by atoms with E-state index in [0.29, 0.717) is 37.6 Å². The van der Waals surface area contributed by atoms with Crippen molar-refractivity contribution in [2.45, 2.75) is 25.4 Å². The Morgan fingerprint density at radius 3 is 2.84 bits per heavy atom. The third-order valence-electron chi connectivity index (χ3n) is 5.39. The molecule has 2 unspecified atom stereocenters. The first-order valence-corrected chi connectivity index (χ1v) is 11.3. The van der Waals surface area contributed by atoms with Crippen LogP contribution in [0.15, 0.2) is 40.8 Å². The summed E-state index contributed by atoms with van der Waals surface area (Å²) in [5.74, 6) is 1.99. The quantitative estimate of drug-likeness (QED) is 0.212. The zero-order valence-electron chi connectivity index (χ0n) is 18.5. The summed E-state index contributed by atoms with van der Waals surface area (Å²) in [5, 5.41) is 9.08. The van der Waals surface area contributed by atoms with Gasteiger partial charge in [-0.1, -0.05) is 12.1 Å². The van der Waals surface area contributed by atoms with Crippen LogP contribution in [-0.2, 0) is 11.3 Å². The highest BCUT2D eigenvalue weighted by Crippen LogP contribution is 2.36. The lowest BCUT2D eigenvalue weighted by molar-refractivity contribution is 0.125. The van der Waals surface area contributed by atoms with Crippen molar-refractivity contribution in [1.29, 1.82) is 0 Å². The number of ether oxygens (including phenoxy) is 2.